The van der Waals surface area contributed by atoms with Gasteiger partial charge >= 0.3 is 6.09 Å². The Kier molecular flexibility index (Phi) is 8.70. The summed E-state index contributed by atoms with van der Waals surface area (Å²) in [6, 6.07) is 3.41. The van der Waals surface area contributed by atoms with Gasteiger partial charge in [-0.15, -0.1) is 24.0 Å². The van der Waals surface area contributed by atoms with Crippen molar-refractivity contribution in [2.75, 3.05) is 32.7 Å². The summed E-state index contributed by atoms with van der Waals surface area (Å²) in [4.78, 5) is 19.8. The largest absolute Gasteiger partial charge is 0.444 e. The van der Waals surface area contributed by atoms with Crippen molar-refractivity contribution in [1.82, 2.24) is 9.80 Å². The second-order valence-corrected chi connectivity index (χ2v) is 7.22. The summed E-state index contributed by atoms with van der Waals surface area (Å²) in [5.74, 6) is -0.837. The van der Waals surface area contributed by atoms with Crippen LogP contribution in [-0.2, 0) is 11.2 Å². The average molecular weight is 496 g/mol. The molecule has 0 unspecified atom stereocenters. The number of amides is 1. The number of benzene rings is 1. The number of hydrogen-bond donors (Lipinski definition) is 1. The molecular weight excluding hydrogens is 469 g/mol. The minimum atomic E-state index is -0.602. The first-order valence-corrected chi connectivity index (χ1v) is 8.62. The van der Waals surface area contributed by atoms with Gasteiger partial charge < -0.3 is 20.3 Å². The van der Waals surface area contributed by atoms with E-state index in [0.717, 1.165) is 6.07 Å². The molecule has 6 nitrogen and oxygen atoms in total. The van der Waals surface area contributed by atoms with Crippen molar-refractivity contribution in [3.63, 3.8) is 0 Å². The Morgan fingerprint density at radius 3 is 2.15 bits per heavy atom. The molecular formula is C18H27F2IN4O2. The number of rotatable bonds is 3. The first-order chi connectivity index (χ1) is 12.1. The summed E-state index contributed by atoms with van der Waals surface area (Å²) < 4.78 is 31.7. The molecule has 0 bridgehead atoms. The summed E-state index contributed by atoms with van der Waals surface area (Å²) in [5.41, 5.74) is 6.00. The van der Waals surface area contributed by atoms with E-state index in [-0.39, 0.29) is 30.1 Å². The highest BCUT2D eigenvalue weighted by molar-refractivity contribution is 14.0. The molecule has 1 saturated heterocycles. The van der Waals surface area contributed by atoms with Crippen molar-refractivity contribution < 1.29 is 18.3 Å². The standard InChI is InChI=1S/C18H26F2N4O2.HI/c1-18(2,3)26-17(25)24-8-6-23(7-9-24)16(21)22-5-4-13-10-14(19)12-15(20)11-13;/h10-12H,4-9H2,1-3H3,(H2,21,22);1H. The molecule has 0 radical (unpaired) electrons. The number of ether oxygens (including phenoxy) is 1. The lowest BCUT2D eigenvalue weighted by molar-refractivity contribution is 0.0186. The SMILES string of the molecule is CC(C)(C)OC(=O)N1CCN(C(N)=NCCc2cc(F)cc(F)c2)CC1.I. The van der Waals surface area contributed by atoms with Crippen LogP contribution in [0.25, 0.3) is 0 Å². The zero-order valence-corrected chi connectivity index (χ0v) is 18.2. The van der Waals surface area contributed by atoms with Crippen LogP contribution in [0.3, 0.4) is 0 Å². The second-order valence-electron chi connectivity index (χ2n) is 7.22. The Balaban J connectivity index is 0.00000364. The molecule has 27 heavy (non-hydrogen) atoms. The number of aliphatic imine (C=N–C) groups is 1. The van der Waals surface area contributed by atoms with Crippen LogP contribution >= 0.6 is 24.0 Å². The van der Waals surface area contributed by atoms with Crippen molar-refractivity contribution in [2.45, 2.75) is 32.8 Å². The monoisotopic (exact) mass is 496 g/mol. The molecule has 0 saturated carbocycles. The van der Waals surface area contributed by atoms with Gasteiger partial charge in [-0.1, -0.05) is 0 Å². The van der Waals surface area contributed by atoms with E-state index >= 15 is 0 Å². The number of piperazine rings is 1. The highest BCUT2D eigenvalue weighted by atomic mass is 127. The van der Waals surface area contributed by atoms with E-state index in [9.17, 15) is 13.6 Å². The summed E-state index contributed by atoms with van der Waals surface area (Å²) >= 11 is 0. The zero-order valence-electron chi connectivity index (χ0n) is 15.9. The maximum absolute atomic E-state index is 13.2. The molecule has 2 N–H and O–H groups in total. The first-order valence-electron chi connectivity index (χ1n) is 8.62. The first kappa shape index (κ1) is 23.4. The van der Waals surface area contributed by atoms with E-state index in [0.29, 0.717) is 50.7 Å². The van der Waals surface area contributed by atoms with Crippen molar-refractivity contribution in [3.8, 4) is 0 Å². The van der Waals surface area contributed by atoms with Crippen LogP contribution in [0.2, 0.25) is 0 Å². The van der Waals surface area contributed by atoms with Gasteiger partial charge in [0.05, 0.1) is 0 Å². The third kappa shape index (κ3) is 7.86. The molecule has 1 amide bonds. The molecule has 1 aromatic rings. The maximum Gasteiger partial charge on any atom is 0.410 e. The quantitative estimate of drug-likeness (QED) is 0.397. The lowest BCUT2D eigenvalue weighted by Crippen LogP contribution is -2.53. The Bertz CT molecular complexity index is 652. The van der Waals surface area contributed by atoms with Crippen LogP contribution in [0.1, 0.15) is 26.3 Å². The molecule has 0 atom stereocenters. The smallest absolute Gasteiger partial charge is 0.410 e. The Morgan fingerprint density at radius 2 is 1.63 bits per heavy atom. The fourth-order valence-electron chi connectivity index (χ4n) is 2.60. The molecule has 1 aromatic carbocycles. The Hall–Kier alpha value is -1.65. The summed E-state index contributed by atoms with van der Waals surface area (Å²) in [7, 11) is 0. The lowest BCUT2D eigenvalue weighted by Gasteiger charge is -2.36. The summed E-state index contributed by atoms with van der Waals surface area (Å²) in [6.45, 7) is 7.94. The fourth-order valence-corrected chi connectivity index (χ4v) is 2.60. The molecule has 1 fully saturated rings. The summed E-state index contributed by atoms with van der Waals surface area (Å²) in [5, 5.41) is 0. The second kappa shape index (κ2) is 10.0. The van der Waals surface area contributed by atoms with Crippen molar-refractivity contribution in [2.24, 2.45) is 10.7 Å². The summed E-state index contributed by atoms with van der Waals surface area (Å²) in [6.07, 6.45) is 0.0635. The van der Waals surface area contributed by atoms with Gasteiger partial charge in [0.1, 0.15) is 17.2 Å². The predicted molar refractivity (Wildman–Crippen MR) is 111 cm³/mol. The van der Waals surface area contributed by atoms with Crippen LogP contribution in [0.15, 0.2) is 23.2 Å². The highest BCUT2D eigenvalue weighted by Crippen LogP contribution is 2.12. The number of nitrogens with zero attached hydrogens (tertiary/aromatic N) is 3. The Labute approximate surface area is 175 Å². The normalized spacial score (nSPS) is 15.4. The van der Waals surface area contributed by atoms with Gasteiger partial charge in [0.25, 0.3) is 0 Å². The fraction of sp³-hybridized carbons (Fsp3) is 0.556. The molecule has 1 heterocycles. The van der Waals surface area contributed by atoms with Gasteiger partial charge in [0.2, 0.25) is 0 Å². The minimum Gasteiger partial charge on any atom is -0.444 e. The highest BCUT2D eigenvalue weighted by Gasteiger charge is 2.26. The molecule has 9 heteroatoms. The van der Waals surface area contributed by atoms with Crippen LogP contribution < -0.4 is 5.73 Å². The van der Waals surface area contributed by atoms with E-state index in [4.69, 9.17) is 10.5 Å². The molecule has 2 rings (SSSR count). The number of carbonyl (C=O) groups is 1. The van der Waals surface area contributed by atoms with E-state index in [1.165, 1.54) is 12.1 Å². The number of halogens is 3. The zero-order chi connectivity index (χ0) is 19.3. The molecule has 1 aliphatic heterocycles. The van der Waals surface area contributed by atoms with Gasteiger partial charge in [-0.2, -0.15) is 0 Å². The molecule has 0 aliphatic carbocycles. The van der Waals surface area contributed by atoms with Crippen molar-refractivity contribution >= 4 is 36.0 Å². The average Bonchev–Trinajstić information content (AvgIpc) is 2.52. The minimum absolute atomic E-state index is 0. The number of carbonyl (C=O) groups excluding carboxylic acids is 1. The molecule has 0 spiro atoms. The molecule has 1 aliphatic rings. The van der Waals surface area contributed by atoms with E-state index in [1.54, 1.807) is 4.90 Å². The lowest BCUT2D eigenvalue weighted by atomic mass is 10.1. The maximum atomic E-state index is 13.2. The van der Waals surface area contributed by atoms with Crippen LogP contribution in [0.4, 0.5) is 13.6 Å². The van der Waals surface area contributed by atoms with Gasteiger partial charge in [-0.25, -0.2) is 13.6 Å². The topological polar surface area (TPSA) is 71.2 Å². The van der Waals surface area contributed by atoms with Gasteiger partial charge in [-0.05, 0) is 44.9 Å². The van der Waals surface area contributed by atoms with Crippen LogP contribution in [-0.4, -0.2) is 60.2 Å². The molecule has 152 valence electrons. The number of guanidine groups is 1. The third-order valence-corrected chi connectivity index (χ3v) is 3.85. The van der Waals surface area contributed by atoms with Crippen LogP contribution in [0, 0.1) is 11.6 Å². The van der Waals surface area contributed by atoms with Crippen molar-refractivity contribution in [1.29, 1.82) is 0 Å². The predicted octanol–water partition coefficient (Wildman–Crippen LogP) is 2.99. The number of hydrogen-bond acceptors (Lipinski definition) is 3. The Morgan fingerprint density at radius 1 is 1.11 bits per heavy atom. The van der Waals surface area contributed by atoms with Gasteiger partial charge in [0.15, 0.2) is 5.96 Å². The van der Waals surface area contributed by atoms with Crippen molar-refractivity contribution in [3.05, 3.63) is 35.4 Å². The van der Waals surface area contributed by atoms with E-state index in [1.807, 2.05) is 25.7 Å². The van der Waals surface area contributed by atoms with E-state index < -0.39 is 17.2 Å². The van der Waals surface area contributed by atoms with E-state index in [2.05, 4.69) is 4.99 Å². The third-order valence-electron chi connectivity index (χ3n) is 3.85. The van der Waals surface area contributed by atoms with Gasteiger partial charge in [-0.3, -0.25) is 4.99 Å². The molecule has 0 aromatic heterocycles. The van der Waals surface area contributed by atoms with Crippen LogP contribution in [0.5, 0.6) is 0 Å². The number of nitrogens with two attached hydrogens (primary N) is 1. The van der Waals surface area contributed by atoms with Gasteiger partial charge in [0, 0.05) is 38.8 Å².